The second-order valence-electron chi connectivity index (χ2n) is 4.72. The average Bonchev–Trinajstić information content (AvgIpc) is 2.81. The maximum atomic E-state index is 13.3. The Labute approximate surface area is 111 Å². The van der Waals surface area contributed by atoms with E-state index in [-0.39, 0.29) is 10.9 Å². The summed E-state index contributed by atoms with van der Waals surface area (Å²) in [5.41, 5.74) is 6.39. The van der Waals surface area contributed by atoms with Gasteiger partial charge in [0.05, 0.1) is 10.6 Å². The number of rotatable bonds is 2. The van der Waals surface area contributed by atoms with Crippen molar-refractivity contribution in [3.63, 3.8) is 0 Å². The number of carbonyl (C=O) groups is 1. The molecule has 5 heteroatoms. The predicted octanol–water partition coefficient (Wildman–Crippen LogP) is 2.21. The van der Waals surface area contributed by atoms with Crippen molar-refractivity contribution >= 4 is 17.5 Å². The van der Waals surface area contributed by atoms with E-state index in [0.717, 1.165) is 6.42 Å². The zero-order chi connectivity index (χ0) is 13.3. The Hall–Kier alpha value is -1.13. The van der Waals surface area contributed by atoms with Crippen molar-refractivity contribution < 1.29 is 9.18 Å². The number of aryl methyl sites for hydroxylation is 1. The summed E-state index contributed by atoms with van der Waals surface area (Å²) in [7, 11) is 0. The van der Waals surface area contributed by atoms with Gasteiger partial charge in [0.25, 0.3) is 5.91 Å². The highest BCUT2D eigenvalue weighted by Crippen LogP contribution is 2.24. The van der Waals surface area contributed by atoms with Gasteiger partial charge in [0.15, 0.2) is 0 Å². The number of carbonyl (C=O) groups excluding carboxylic acids is 1. The highest BCUT2D eigenvalue weighted by Gasteiger charge is 2.27. The fourth-order valence-electron chi connectivity index (χ4n) is 2.20. The van der Waals surface area contributed by atoms with Gasteiger partial charge in [0, 0.05) is 13.1 Å². The molecule has 0 aliphatic carbocycles. The summed E-state index contributed by atoms with van der Waals surface area (Å²) in [6.45, 7) is 3.55. The summed E-state index contributed by atoms with van der Waals surface area (Å²) in [6.07, 6.45) is 0.917. The quantitative estimate of drug-likeness (QED) is 0.896. The Morgan fingerprint density at radius 3 is 2.94 bits per heavy atom. The van der Waals surface area contributed by atoms with E-state index in [4.69, 9.17) is 17.3 Å². The monoisotopic (exact) mass is 270 g/mol. The van der Waals surface area contributed by atoms with Crippen LogP contribution in [0, 0.1) is 18.7 Å². The highest BCUT2D eigenvalue weighted by atomic mass is 35.5. The molecule has 18 heavy (non-hydrogen) atoms. The lowest BCUT2D eigenvalue weighted by atomic mass is 10.1. The van der Waals surface area contributed by atoms with Gasteiger partial charge < -0.3 is 10.6 Å². The Kier molecular flexibility index (Phi) is 3.88. The molecule has 1 amide bonds. The molecular weight excluding hydrogens is 255 g/mol. The van der Waals surface area contributed by atoms with Crippen molar-refractivity contribution in [2.75, 3.05) is 19.6 Å². The first kappa shape index (κ1) is 13.3. The number of likely N-dealkylation sites (tertiary alicyclic amines) is 1. The second kappa shape index (κ2) is 5.24. The predicted molar refractivity (Wildman–Crippen MR) is 69.2 cm³/mol. The molecule has 0 spiro atoms. The van der Waals surface area contributed by atoms with Crippen LogP contribution in [0.3, 0.4) is 0 Å². The van der Waals surface area contributed by atoms with Crippen molar-refractivity contribution in [3.8, 4) is 0 Å². The summed E-state index contributed by atoms with van der Waals surface area (Å²) in [5, 5.41) is 0.166. The normalized spacial score (nSPS) is 19.3. The van der Waals surface area contributed by atoms with Gasteiger partial charge in [-0.2, -0.15) is 0 Å². The molecule has 98 valence electrons. The molecule has 1 fully saturated rings. The van der Waals surface area contributed by atoms with Crippen LogP contribution in [0.4, 0.5) is 4.39 Å². The largest absolute Gasteiger partial charge is 0.338 e. The second-order valence-corrected chi connectivity index (χ2v) is 5.13. The molecule has 1 heterocycles. The number of halogens is 2. The topological polar surface area (TPSA) is 46.3 Å². The summed E-state index contributed by atoms with van der Waals surface area (Å²) in [5.74, 6) is -0.175. The third-order valence-electron chi connectivity index (χ3n) is 3.39. The minimum absolute atomic E-state index is 0.140. The van der Waals surface area contributed by atoms with E-state index in [1.54, 1.807) is 11.8 Å². The number of hydrogen-bond acceptors (Lipinski definition) is 2. The molecule has 0 saturated carbocycles. The van der Waals surface area contributed by atoms with Gasteiger partial charge in [-0.15, -0.1) is 0 Å². The third-order valence-corrected chi connectivity index (χ3v) is 3.70. The van der Waals surface area contributed by atoms with Crippen molar-refractivity contribution in [2.24, 2.45) is 11.7 Å². The minimum atomic E-state index is -0.391. The number of nitrogens with zero attached hydrogens (tertiary/aromatic N) is 1. The molecule has 3 nitrogen and oxygen atoms in total. The van der Waals surface area contributed by atoms with Crippen LogP contribution < -0.4 is 5.73 Å². The number of benzene rings is 1. The van der Waals surface area contributed by atoms with Gasteiger partial charge in [-0.25, -0.2) is 4.39 Å². The van der Waals surface area contributed by atoms with Crippen molar-refractivity contribution in [1.29, 1.82) is 0 Å². The van der Waals surface area contributed by atoms with E-state index in [9.17, 15) is 9.18 Å². The standard InChI is InChI=1S/C13H16ClFN2O/c1-8-4-10(11(14)5-12(8)15)13(18)17-3-2-9(6-16)7-17/h4-5,9H,2-3,6-7,16H2,1H3/t9-/m1/s1. The van der Waals surface area contributed by atoms with Crippen LogP contribution >= 0.6 is 11.6 Å². The summed E-state index contributed by atoms with van der Waals surface area (Å²) in [4.78, 5) is 14.0. The lowest BCUT2D eigenvalue weighted by molar-refractivity contribution is 0.0787. The Morgan fingerprint density at radius 1 is 1.61 bits per heavy atom. The van der Waals surface area contributed by atoms with Crippen LogP contribution in [0.15, 0.2) is 12.1 Å². The van der Waals surface area contributed by atoms with Gasteiger partial charge in [-0.1, -0.05) is 11.6 Å². The van der Waals surface area contributed by atoms with Crippen LogP contribution in [0.2, 0.25) is 5.02 Å². The number of nitrogens with two attached hydrogens (primary N) is 1. The SMILES string of the molecule is Cc1cc(C(=O)N2CC[C@H](CN)C2)c(Cl)cc1F. The van der Waals surface area contributed by atoms with Gasteiger partial charge in [-0.3, -0.25) is 4.79 Å². The molecule has 1 aromatic carbocycles. The van der Waals surface area contributed by atoms with Crippen LogP contribution in [-0.2, 0) is 0 Å². The zero-order valence-corrected chi connectivity index (χ0v) is 11.0. The maximum absolute atomic E-state index is 13.3. The molecule has 0 radical (unpaired) electrons. The van der Waals surface area contributed by atoms with Crippen molar-refractivity contribution in [1.82, 2.24) is 4.90 Å². The molecule has 1 saturated heterocycles. The molecule has 1 aromatic rings. The van der Waals surface area contributed by atoms with E-state index in [2.05, 4.69) is 0 Å². The summed E-state index contributed by atoms with van der Waals surface area (Å²) in [6, 6.07) is 2.70. The fourth-order valence-corrected chi connectivity index (χ4v) is 2.43. The first-order valence-electron chi connectivity index (χ1n) is 5.98. The molecule has 1 atom stereocenters. The van der Waals surface area contributed by atoms with Crippen LogP contribution in [0.25, 0.3) is 0 Å². The van der Waals surface area contributed by atoms with Crippen molar-refractivity contribution in [3.05, 3.63) is 34.1 Å². The van der Waals surface area contributed by atoms with E-state index in [1.807, 2.05) is 0 Å². The van der Waals surface area contributed by atoms with E-state index < -0.39 is 5.82 Å². The van der Waals surface area contributed by atoms with Gasteiger partial charge in [-0.05, 0) is 43.5 Å². The van der Waals surface area contributed by atoms with Gasteiger partial charge in [0.1, 0.15) is 5.82 Å². The third kappa shape index (κ3) is 2.49. The Balaban J connectivity index is 2.22. The summed E-state index contributed by atoms with van der Waals surface area (Å²) >= 11 is 5.93. The maximum Gasteiger partial charge on any atom is 0.255 e. The van der Waals surface area contributed by atoms with Crippen LogP contribution in [-0.4, -0.2) is 30.4 Å². The molecule has 0 bridgehead atoms. The van der Waals surface area contributed by atoms with E-state index in [1.165, 1.54) is 12.1 Å². The number of amides is 1. The molecular formula is C13H16ClFN2O. The Morgan fingerprint density at radius 2 is 2.33 bits per heavy atom. The van der Waals surface area contributed by atoms with Crippen LogP contribution in [0.1, 0.15) is 22.3 Å². The van der Waals surface area contributed by atoms with Gasteiger partial charge in [0.2, 0.25) is 0 Å². The average molecular weight is 271 g/mol. The Bertz CT molecular complexity index is 478. The van der Waals surface area contributed by atoms with E-state index in [0.29, 0.717) is 36.7 Å². The molecule has 1 aliphatic heterocycles. The van der Waals surface area contributed by atoms with E-state index >= 15 is 0 Å². The fraction of sp³-hybridized carbons (Fsp3) is 0.462. The number of hydrogen-bond donors (Lipinski definition) is 1. The van der Waals surface area contributed by atoms with Gasteiger partial charge >= 0.3 is 0 Å². The lowest BCUT2D eigenvalue weighted by Crippen LogP contribution is -2.30. The zero-order valence-electron chi connectivity index (χ0n) is 10.2. The first-order valence-corrected chi connectivity index (χ1v) is 6.35. The lowest BCUT2D eigenvalue weighted by Gasteiger charge is -2.17. The minimum Gasteiger partial charge on any atom is -0.338 e. The molecule has 0 unspecified atom stereocenters. The van der Waals surface area contributed by atoms with Crippen molar-refractivity contribution in [2.45, 2.75) is 13.3 Å². The molecule has 0 aromatic heterocycles. The molecule has 2 N–H and O–H groups in total. The first-order chi connectivity index (χ1) is 8.52. The summed E-state index contributed by atoms with van der Waals surface area (Å²) < 4.78 is 13.3. The molecule has 1 aliphatic rings. The van der Waals surface area contributed by atoms with Crippen LogP contribution in [0.5, 0.6) is 0 Å². The smallest absolute Gasteiger partial charge is 0.255 e. The molecule has 2 rings (SSSR count). The highest BCUT2D eigenvalue weighted by molar-refractivity contribution is 6.33.